The van der Waals surface area contributed by atoms with Crippen molar-refractivity contribution in [2.75, 3.05) is 31.6 Å². The molecule has 2 aliphatic heterocycles. The van der Waals surface area contributed by atoms with Gasteiger partial charge in [0, 0.05) is 29.9 Å². The van der Waals surface area contributed by atoms with Crippen LogP contribution < -0.4 is 14.8 Å². The average Bonchev–Trinajstić information content (AvgIpc) is 2.75. The van der Waals surface area contributed by atoms with Crippen molar-refractivity contribution in [2.24, 2.45) is 5.92 Å². The lowest BCUT2D eigenvalue weighted by Gasteiger charge is -2.31. The van der Waals surface area contributed by atoms with Crippen molar-refractivity contribution in [3.05, 3.63) is 53.1 Å². The van der Waals surface area contributed by atoms with Gasteiger partial charge in [-0.25, -0.2) is 12.7 Å². The van der Waals surface area contributed by atoms with Gasteiger partial charge in [-0.2, -0.15) is 0 Å². The topological polar surface area (TPSA) is 84.9 Å². The van der Waals surface area contributed by atoms with Crippen LogP contribution in [-0.2, 0) is 20.6 Å². The number of amides is 1. The molecule has 0 spiro atoms. The molecule has 2 aromatic carbocycles. The highest BCUT2D eigenvalue weighted by molar-refractivity contribution is 7.88. The summed E-state index contributed by atoms with van der Waals surface area (Å²) < 4.78 is 38.2. The first kappa shape index (κ1) is 21.0. The summed E-state index contributed by atoms with van der Waals surface area (Å²) >= 11 is 5.87. The molecule has 1 amide bonds. The number of hydrogen-bond donors (Lipinski definition) is 1. The molecule has 9 heteroatoms. The van der Waals surface area contributed by atoms with Crippen LogP contribution in [0.1, 0.15) is 18.4 Å². The third-order valence-corrected chi connectivity index (χ3v) is 7.29. The number of anilines is 1. The first-order valence-electron chi connectivity index (χ1n) is 9.83. The quantitative estimate of drug-likeness (QED) is 0.755. The Bertz CT molecular complexity index is 1030. The van der Waals surface area contributed by atoms with Gasteiger partial charge >= 0.3 is 0 Å². The molecule has 0 radical (unpaired) electrons. The standard InChI is InChI=1S/C21H23ClN2O5S/c22-17-5-3-15(4-6-17)14-30(26,27)24-9-1-2-16(13-24)21(25)23-18-7-8-19-20(12-18)29-11-10-28-19/h3-8,12,16H,1-2,9-11,13-14H2,(H,23,25). The Balaban J connectivity index is 1.40. The zero-order chi connectivity index (χ0) is 21.1. The predicted octanol–water partition coefficient (Wildman–Crippen LogP) is 3.29. The molecule has 4 rings (SSSR count). The molecule has 2 aliphatic rings. The van der Waals surface area contributed by atoms with E-state index in [1.54, 1.807) is 42.5 Å². The SMILES string of the molecule is O=C(Nc1ccc2c(c1)OCCO2)C1CCCN(S(=O)(=O)Cc2ccc(Cl)cc2)C1. The number of fused-ring (bicyclic) bond motifs is 1. The van der Waals surface area contributed by atoms with Crippen molar-refractivity contribution in [2.45, 2.75) is 18.6 Å². The summed E-state index contributed by atoms with van der Waals surface area (Å²) in [5, 5.41) is 3.44. The number of sulfonamides is 1. The number of hydrogen-bond acceptors (Lipinski definition) is 5. The fraction of sp³-hybridized carbons (Fsp3) is 0.381. The highest BCUT2D eigenvalue weighted by Gasteiger charge is 2.32. The molecule has 0 saturated carbocycles. The largest absolute Gasteiger partial charge is 0.486 e. The molecule has 0 aromatic heterocycles. The van der Waals surface area contributed by atoms with Crippen LogP contribution in [0.4, 0.5) is 5.69 Å². The van der Waals surface area contributed by atoms with Gasteiger partial charge in [-0.3, -0.25) is 4.79 Å². The average molecular weight is 451 g/mol. The van der Waals surface area contributed by atoms with Crippen molar-refractivity contribution in [1.29, 1.82) is 0 Å². The summed E-state index contributed by atoms with van der Waals surface area (Å²) in [7, 11) is -3.53. The molecule has 0 bridgehead atoms. The van der Waals surface area contributed by atoms with Gasteiger partial charge in [0.15, 0.2) is 11.5 Å². The monoisotopic (exact) mass is 450 g/mol. The molecule has 2 aromatic rings. The van der Waals surface area contributed by atoms with Crippen molar-refractivity contribution in [3.8, 4) is 11.5 Å². The number of benzene rings is 2. The Labute approximate surface area is 181 Å². The van der Waals surface area contributed by atoms with E-state index in [4.69, 9.17) is 21.1 Å². The van der Waals surface area contributed by atoms with Gasteiger partial charge < -0.3 is 14.8 Å². The van der Waals surface area contributed by atoms with Crippen molar-refractivity contribution in [1.82, 2.24) is 4.31 Å². The van der Waals surface area contributed by atoms with Gasteiger partial charge in [-0.1, -0.05) is 23.7 Å². The Kier molecular flexibility index (Phi) is 6.17. The number of nitrogens with one attached hydrogen (secondary N) is 1. The first-order chi connectivity index (χ1) is 14.4. The molecule has 2 heterocycles. The lowest BCUT2D eigenvalue weighted by molar-refractivity contribution is -0.120. The van der Waals surface area contributed by atoms with E-state index < -0.39 is 15.9 Å². The predicted molar refractivity (Wildman–Crippen MR) is 114 cm³/mol. The molecule has 1 unspecified atom stereocenters. The molecular formula is C21H23ClN2O5S. The maximum absolute atomic E-state index is 12.9. The number of rotatable bonds is 5. The van der Waals surface area contributed by atoms with Crippen LogP contribution in [0.25, 0.3) is 0 Å². The molecule has 7 nitrogen and oxygen atoms in total. The lowest BCUT2D eigenvalue weighted by Crippen LogP contribution is -2.44. The first-order valence-corrected chi connectivity index (χ1v) is 11.8. The number of nitrogens with zero attached hydrogens (tertiary/aromatic N) is 1. The van der Waals surface area contributed by atoms with Gasteiger partial charge in [-0.15, -0.1) is 0 Å². The van der Waals surface area contributed by atoms with Crippen LogP contribution in [0.5, 0.6) is 11.5 Å². The van der Waals surface area contributed by atoms with Crippen LogP contribution in [-0.4, -0.2) is 44.9 Å². The van der Waals surface area contributed by atoms with Gasteiger partial charge in [0.05, 0.1) is 11.7 Å². The summed E-state index contributed by atoms with van der Waals surface area (Å²) in [6.07, 6.45) is 1.28. The number of halogens is 1. The fourth-order valence-corrected chi connectivity index (χ4v) is 5.39. The summed E-state index contributed by atoms with van der Waals surface area (Å²) in [5.74, 6) is 0.525. The van der Waals surface area contributed by atoms with Crippen molar-refractivity contribution >= 4 is 33.2 Å². The van der Waals surface area contributed by atoms with E-state index in [-0.39, 0.29) is 18.2 Å². The van der Waals surface area contributed by atoms with E-state index in [1.165, 1.54) is 4.31 Å². The number of piperidine rings is 1. The van der Waals surface area contributed by atoms with Crippen LogP contribution in [0, 0.1) is 5.92 Å². The van der Waals surface area contributed by atoms with E-state index in [0.29, 0.717) is 60.4 Å². The minimum Gasteiger partial charge on any atom is -0.486 e. The molecule has 1 fully saturated rings. The van der Waals surface area contributed by atoms with Crippen LogP contribution in [0.15, 0.2) is 42.5 Å². The molecule has 0 aliphatic carbocycles. The molecule has 160 valence electrons. The molecule has 30 heavy (non-hydrogen) atoms. The van der Waals surface area contributed by atoms with E-state index in [0.717, 1.165) is 0 Å². The van der Waals surface area contributed by atoms with E-state index >= 15 is 0 Å². The summed E-state index contributed by atoms with van der Waals surface area (Å²) in [4.78, 5) is 12.8. The third-order valence-electron chi connectivity index (χ3n) is 5.22. The Hall–Kier alpha value is -2.29. The second-order valence-electron chi connectivity index (χ2n) is 7.43. The molecule has 1 N–H and O–H groups in total. The molecule has 1 atom stereocenters. The molecular weight excluding hydrogens is 428 g/mol. The Morgan fingerprint density at radius 2 is 1.83 bits per heavy atom. The van der Waals surface area contributed by atoms with E-state index in [1.807, 2.05) is 0 Å². The Morgan fingerprint density at radius 3 is 2.60 bits per heavy atom. The number of carbonyl (C=O) groups excluding carboxylic acids is 1. The second-order valence-corrected chi connectivity index (χ2v) is 9.83. The number of ether oxygens (including phenoxy) is 2. The Morgan fingerprint density at radius 1 is 1.10 bits per heavy atom. The van der Waals surface area contributed by atoms with Crippen LogP contribution >= 0.6 is 11.6 Å². The summed E-state index contributed by atoms with van der Waals surface area (Å²) in [6.45, 7) is 1.56. The zero-order valence-corrected chi connectivity index (χ0v) is 17.9. The van der Waals surface area contributed by atoms with Crippen LogP contribution in [0.3, 0.4) is 0 Å². The van der Waals surface area contributed by atoms with Gasteiger partial charge in [0.1, 0.15) is 13.2 Å². The maximum Gasteiger partial charge on any atom is 0.228 e. The van der Waals surface area contributed by atoms with E-state index in [9.17, 15) is 13.2 Å². The lowest BCUT2D eigenvalue weighted by atomic mass is 9.98. The minimum atomic E-state index is -3.53. The highest BCUT2D eigenvalue weighted by Crippen LogP contribution is 2.33. The third kappa shape index (κ3) is 4.88. The fourth-order valence-electron chi connectivity index (χ4n) is 3.66. The normalized spacial score (nSPS) is 19.3. The molecule has 1 saturated heterocycles. The van der Waals surface area contributed by atoms with Gasteiger partial charge in [-0.05, 0) is 42.7 Å². The summed E-state index contributed by atoms with van der Waals surface area (Å²) in [5.41, 5.74) is 1.27. The van der Waals surface area contributed by atoms with Crippen LogP contribution in [0.2, 0.25) is 5.02 Å². The zero-order valence-electron chi connectivity index (χ0n) is 16.3. The summed E-state index contributed by atoms with van der Waals surface area (Å²) in [6, 6.07) is 12.0. The maximum atomic E-state index is 12.9. The highest BCUT2D eigenvalue weighted by atomic mass is 35.5. The second kappa shape index (κ2) is 8.83. The smallest absolute Gasteiger partial charge is 0.228 e. The van der Waals surface area contributed by atoms with Crippen molar-refractivity contribution in [3.63, 3.8) is 0 Å². The van der Waals surface area contributed by atoms with Gasteiger partial charge in [0.2, 0.25) is 15.9 Å². The van der Waals surface area contributed by atoms with E-state index in [2.05, 4.69) is 5.32 Å². The van der Waals surface area contributed by atoms with Crippen molar-refractivity contribution < 1.29 is 22.7 Å². The number of carbonyl (C=O) groups is 1. The van der Waals surface area contributed by atoms with Gasteiger partial charge in [0.25, 0.3) is 0 Å². The minimum absolute atomic E-state index is 0.110.